The first-order valence-electron chi connectivity index (χ1n) is 10.4. The fourth-order valence-electron chi connectivity index (χ4n) is 3.78. The van der Waals surface area contributed by atoms with Gasteiger partial charge in [0.15, 0.2) is 0 Å². The number of furan rings is 1. The zero-order valence-electron chi connectivity index (χ0n) is 18.6. The lowest BCUT2D eigenvalue weighted by Gasteiger charge is -2.18. The highest BCUT2D eigenvalue weighted by molar-refractivity contribution is 6.30. The van der Waals surface area contributed by atoms with Crippen LogP contribution in [-0.4, -0.2) is 32.0 Å². The van der Waals surface area contributed by atoms with Crippen molar-refractivity contribution >= 4 is 34.2 Å². The third-order valence-corrected chi connectivity index (χ3v) is 5.74. The minimum atomic E-state index is -0.364. The van der Waals surface area contributed by atoms with Crippen LogP contribution in [0.25, 0.3) is 33.6 Å². The summed E-state index contributed by atoms with van der Waals surface area (Å²) in [6.45, 7) is 3.75. The normalized spacial score (nSPS) is 10.9. The lowest BCUT2D eigenvalue weighted by atomic mass is 10.00. The maximum absolute atomic E-state index is 13.5. The molecule has 4 aromatic rings. The van der Waals surface area contributed by atoms with Crippen molar-refractivity contribution in [3.63, 3.8) is 0 Å². The molecule has 0 bridgehead atoms. The molecule has 2 aromatic heterocycles. The SMILES string of the molecule is C=CCc1ccc(-c2cc3c(C(=O)NC)c(-c4ccc(F)cc4)oc3cc2N(C)C)nc1Cl. The Morgan fingerprint density at radius 3 is 2.55 bits per heavy atom. The van der Waals surface area contributed by atoms with Crippen LogP contribution >= 0.6 is 11.6 Å². The van der Waals surface area contributed by atoms with Crippen LogP contribution in [0.5, 0.6) is 0 Å². The number of halogens is 2. The number of benzene rings is 2. The van der Waals surface area contributed by atoms with Gasteiger partial charge in [-0.05, 0) is 48.4 Å². The molecule has 2 heterocycles. The number of nitrogens with zero attached hydrogens (tertiary/aromatic N) is 2. The van der Waals surface area contributed by atoms with E-state index in [4.69, 9.17) is 16.0 Å². The van der Waals surface area contributed by atoms with E-state index < -0.39 is 0 Å². The summed E-state index contributed by atoms with van der Waals surface area (Å²) >= 11 is 6.42. The molecule has 2 aromatic carbocycles. The van der Waals surface area contributed by atoms with Crippen molar-refractivity contribution in [3.05, 3.63) is 83.3 Å². The fourth-order valence-corrected chi connectivity index (χ4v) is 4.01. The molecular formula is C26H23ClFN3O2. The predicted octanol–water partition coefficient (Wildman–Crippen LogP) is 6.11. The molecule has 1 amide bonds. The number of pyridine rings is 1. The van der Waals surface area contributed by atoms with Gasteiger partial charge in [0.25, 0.3) is 5.91 Å². The Morgan fingerprint density at radius 2 is 1.94 bits per heavy atom. The third-order valence-electron chi connectivity index (χ3n) is 5.41. The molecule has 0 fully saturated rings. The largest absolute Gasteiger partial charge is 0.455 e. The van der Waals surface area contributed by atoms with Crippen LogP contribution in [0.1, 0.15) is 15.9 Å². The van der Waals surface area contributed by atoms with Crippen molar-refractivity contribution < 1.29 is 13.6 Å². The molecule has 4 rings (SSSR count). The monoisotopic (exact) mass is 463 g/mol. The van der Waals surface area contributed by atoms with Gasteiger partial charge in [0.2, 0.25) is 0 Å². The van der Waals surface area contributed by atoms with E-state index in [0.717, 1.165) is 16.8 Å². The van der Waals surface area contributed by atoms with Gasteiger partial charge in [-0.25, -0.2) is 9.37 Å². The molecule has 0 saturated heterocycles. The lowest BCUT2D eigenvalue weighted by Crippen LogP contribution is -2.18. The number of hydrogen-bond donors (Lipinski definition) is 1. The number of carbonyl (C=O) groups excluding carboxylic acids is 1. The number of allylic oxidation sites excluding steroid dienone is 1. The molecule has 0 aliphatic rings. The number of fused-ring (bicyclic) bond motifs is 1. The summed E-state index contributed by atoms with van der Waals surface area (Å²) in [7, 11) is 5.40. The van der Waals surface area contributed by atoms with Crippen molar-refractivity contribution in [3.8, 4) is 22.6 Å². The number of amides is 1. The van der Waals surface area contributed by atoms with Gasteiger partial charge in [0.05, 0.1) is 11.3 Å². The highest BCUT2D eigenvalue weighted by atomic mass is 35.5. The van der Waals surface area contributed by atoms with E-state index in [1.54, 1.807) is 25.3 Å². The predicted molar refractivity (Wildman–Crippen MR) is 131 cm³/mol. The van der Waals surface area contributed by atoms with Gasteiger partial charge in [-0.3, -0.25) is 4.79 Å². The zero-order chi connectivity index (χ0) is 23.7. The lowest BCUT2D eigenvalue weighted by molar-refractivity contribution is 0.0964. The summed E-state index contributed by atoms with van der Waals surface area (Å²) in [6.07, 6.45) is 2.40. The molecule has 168 valence electrons. The van der Waals surface area contributed by atoms with E-state index in [2.05, 4.69) is 16.9 Å². The first-order valence-corrected chi connectivity index (χ1v) is 10.7. The Kier molecular flexibility index (Phi) is 6.20. The molecule has 33 heavy (non-hydrogen) atoms. The summed E-state index contributed by atoms with van der Waals surface area (Å²) in [5.74, 6) is -0.293. The quantitative estimate of drug-likeness (QED) is 0.277. The maximum atomic E-state index is 13.5. The minimum absolute atomic E-state index is 0.302. The van der Waals surface area contributed by atoms with Crippen LogP contribution in [-0.2, 0) is 6.42 Å². The second-order valence-electron chi connectivity index (χ2n) is 7.79. The van der Waals surface area contributed by atoms with Gasteiger partial charge in [0.1, 0.15) is 22.3 Å². The van der Waals surface area contributed by atoms with Crippen molar-refractivity contribution in [2.75, 3.05) is 26.0 Å². The summed E-state index contributed by atoms with van der Waals surface area (Å²) in [5, 5.41) is 3.71. The van der Waals surface area contributed by atoms with Crippen molar-refractivity contribution in [2.45, 2.75) is 6.42 Å². The first-order chi connectivity index (χ1) is 15.8. The van der Waals surface area contributed by atoms with Crippen molar-refractivity contribution in [2.24, 2.45) is 0 Å². The van der Waals surface area contributed by atoms with Crippen LogP contribution < -0.4 is 10.2 Å². The van der Waals surface area contributed by atoms with E-state index in [1.807, 2.05) is 43.3 Å². The Labute approximate surface area is 196 Å². The van der Waals surface area contributed by atoms with Crippen LogP contribution in [0.4, 0.5) is 10.1 Å². The second kappa shape index (κ2) is 9.08. The smallest absolute Gasteiger partial charge is 0.255 e. The van der Waals surface area contributed by atoms with Gasteiger partial charge in [0, 0.05) is 49.4 Å². The first kappa shape index (κ1) is 22.6. The molecular weight excluding hydrogens is 441 g/mol. The molecule has 5 nitrogen and oxygen atoms in total. The van der Waals surface area contributed by atoms with Gasteiger partial charge < -0.3 is 14.6 Å². The van der Waals surface area contributed by atoms with E-state index in [1.165, 1.54) is 12.1 Å². The number of aromatic nitrogens is 1. The molecule has 0 saturated carbocycles. The molecule has 0 aliphatic carbocycles. The van der Waals surface area contributed by atoms with Gasteiger partial charge in [-0.1, -0.05) is 23.7 Å². The number of nitrogens with one attached hydrogen (secondary N) is 1. The number of carbonyl (C=O) groups is 1. The maximum Gasteiger partial charge on any atom is 0.255 e. The van der Waals surface area contributed by atoms with Crippen molar-refractivity contribution in [1.82, 2.24) is 10.3 Å². The van der Waals surface area contributed by atoms with E-state index in [-0.39, 0.29) is 11.7 Å². The Hall–Kier alpha value is -3.64. The highest BCUT2D eigenvalue weighted by Gasteiger charge is 2.24. The minimum Gasteiger partial charge on any atom is -0.455 e. The average molecular weight is 464 g/mol. The van der Waals surface area contributed by atoms with Gasteiger partial charge >= 0.3 is 0 Å². The topological polar surface area (TPSA) is 58.4 Å². The van der Waals surface area contributed by atoms with Gasteiger partial charge in [-0.15, -0.1) is 6.58 Å². The van der Waals surface area contributed by atoms with E-state index in [0.29, 0.717) is 45.1 Å². The van der Waals surface area contributed by atoms with Crippen LogP contribution in [0.3, 0.4) is 0 Å². The number of rotatable bonds is 6. The fraction of sp³-hybridized carbons (Fsp3) is 0.154. The number of hydrogen-bond acceptors (Lipinski definition) is 4. The number of anilines is 1. The zero-order valence-corrected chi connectivity index (χ0v) is 19.3. The van der Waals surface area contributed by atoms with E-state index >= 15 is 0 Å². The Balaban J connectivity index is 1.99. The molecule has 0 atom stereocenters. The molecule has 1 N–H and O–H groups in total. The third kappa shape index (κ3) is 4.22. The standard InChI is InChI=1S/C26H23ClFN3O2/c1-5-6-16-9-12-20(30-25(16)27)18-13-19-22(14-21(18)31(3)4)33-24(23(19)26(32)29-2)15-7-10-17(28)11-8-15/h5,7-14H,1,6H2,2-4H3,(H,29,32). The highest BCUT2D eigenvalue weighted by Crippen LogP contribution is 2.40. The summed E-state index contributed by atoms with van der Waals surface area (Å²) < 4.78 is 19.6. The molecule has 0 spiro atoms. The summed E-state index contributed by atoms with van der Waals surface area (Å²) in [4.78, 5) is 19.4. The summed E-state index contributed by atoms with van der Waals surface area (Å²) in [6, 6.07) is 13.4. The van der Waals surface area contributed by atoms with Crippen LogP contribution in [0.15, 0.2) is 65.6 Å². The average Bonchev–Trinajstić information content (AvgIpc) is 3.18. The van der Waals surface area contributed by atoms with Crippen molar-refractivity contribution in [1.29, 1.82) is 0 Å². The molecule has 7 heteroatoms. The molecule has 0 radical (unpaired) electrons. The molecule has 0 aliphatic heterocycles. The molecule has 0 unspecified atom stereocenters. The van der Waals surface area contributed by atoms with Crippen LogP contribution in [0, 0.1) is 5.82 Å². The summed E-state index contributed by atoms with van der Waals surface area (Å²) in [5.41, 5.74) is 4.73. The van der Waals surface area contributed by atoms with Crippen LogP contribution in [0.2, 0.25) is 5.15 Å². The Morgan fingerprint density at radius 1 is 1.21 bits per heavy atom. The van der Waals surface area contributed by atoms with E-state index in [9.17, 15) is 9.18 Å². The Bertz CT molecular complexity index is 1360. The van der Waals surface area contributed by atoms with Gasteiger partial charge in [-0.2, -0.15) is 0 Å². The second-order valence-corrected chi connectivity index (χ2v) is 8.15.